The summed E-state index contributed by atoms with van der Waals surface area (Å²) < 4.78 is 20.7. The molecule has 0 aromatic rings. The fourth-order valence-electron chi connectivity index (χ4n) is 5.09. The molecule has 296 valence electrons. The van der Waals surface area contributed by atoms with E-state index >= 15 is 0 Å². The van der Waals surface area contributed by atoms with Crippen LogP contribution in [-0.2, 0) is 47.7 Å². The number of Topliss-reactive ketones (excluding diaryl/α,β-unsaturated/α-hetero) is 1. The average molecular weight is 733 g/mol. The molecule has 2 amide bonds. The standard InChI is InChI=1S/C36H64N2O13/c39-30(16-15-22-48-24-26-50-28-33(41)37-21-23-49-25-27-51-29-35(44)45)19-20-31(36(46)47)38-32(40)17-13-11-9-7-5-3-1-2-4-6-8-10-12-14-18-34(42)43/h31H,1-29H2,(H,37,41)(H,38,40)(H,42,43)(H,44,45)(H,46,47)/t31-/m0/s1. The van der Waals surface area contributed by atoms with Gasteiger partial charge in [-0.1, -0.05) is 77.0 Å². The van der Waals surface area contributed by atoms with E-state index < -0.39 is 23.9 Å². The molecule has 5 N–H and O–H groups in total. The Morgan fingerprint density at radius 3 is 1.47 bits per heavy atom. The maximum atomic E-state index is 12.3. The van der Waals surface area contributed by atoms with Crippen molar-refractivity contribution in [3.05, 3.63) is 0 Å². The number of nitrogens with one attached hydrogen (secondary N) is 2. The highest BCUT2D eigenvalue weighted by molar-refractivity contribution is 5.84. The molecule has 0 aliphatic heterocycles. The van der Waals surface area contributed by atoms with E-state index in [0.717, 1.165) is 38.5 Å². The Labute approximate surface area is 302 Å². The Hall–Kier alpha value is -3.14. The number of carboxylic acids is 3. The van der Waals surface area contributed by atoms with E-state index in [1.807, 2.05) is 0 Å². The van der Waals surface area contributed by atoms with Crippen LogP contribution in [0.5, 0.6) is 0 Å². The molecule has 0 saturated heterocycles. The minimum Gasteiger partial charge on any atom is -0.481 e. The summed E-state index contributed by atoms with van der Waals surface area (Å²) in [4.78, 5) is 68.6. The molecule has 0 heterocycles. The Morgan fingerprint density at radius 2 is 0.941 bits per heavy atom. The molecule has 15 heteroatoms. The van der Waals surface area contributed by atoms with Crippen molar-refractivity contribution in [2.75, 3.05) is 59.4 Å². The number of hydrogen-bond donors (Lipinski definition) is 5. The van der Waals surface area contributed by atoms with Gasteiger partial charge >= 0.3 is 17.9 Å². The van der Waals surface area contributed by atoms with Crippen LogP contribution in [0.25, 0.3) is 0 Å². The fourth-order valence-corrected chi connectivity index (χ4v) is 5.09. The summed E-state index contributed by atoms with van der Waals surface area (Å²) in [7, 11) is 0. The van der Waals surface area contributed by atoms with Crippen LogP contribution in [0.1, 0.15) is 128 Å². The van der Waals surface area contributed by atoms with Crippen LogP contribution in [0.2, 0.25) is 0 Å². The monoisotopic (exact) mass is 732 g/mol. The highest BCUT2D eigenvalue weighted by Crippen LogP contribution is 2.14. The Kier molecular flexibility index (Phi) is 33.1. The smallest absolute Gasteiger partial charge is 0.329 e. The van der Waals surface area contributed by atoms with E-state index in [9.17, 15) is 33.9 Å². The fraction of sp³-hybridized carbons (Fsp3) is 0.833. The first-order valence-electron chi connectivity index (χ1n) is 18.7. The number of aliphatic carboxylic acids is 3. The lowest BCUT2D eigenvalue weighted by atomic mass is 10.0. The number of carbonyl (C=O) groups is 6. The highest BCUT2D eigenvalue weighted by Gasteiger charge is 2.20. The predicted octanol–water partition coefficient (Wildman–Crippen LogP) is 4.28. The third-order valence-electron chi connectivity index (χ3n) is 7.91. The Bertz CT molecular complexity index is 948. The minimum absolute atomic E-state index is 0.0385. The van der Waals surface area contributed by atoms with Crippen LogP contribution in [0, 0.1) is 0 Å². The van der Waals surface area contributed by atoms with Crippen molar-refractivity contribution in [3.63, 3.8) is 0 Å². The number of ether oxygens (including phenoxy) is 4. The van der Waals surface area contributed by atoms with Crippen LogP contribution in [0.4, 0.5) is 0 Å². The SMILES string of the molecule is O=C(O)CCCCCCCCCCCCCCCCC(=O)N[C@@H](CCC(=O)CCCOCCOCC(=O)NCCOCCOCC(=O)O)C(=O)O. The molecule has 0 spiro atoms. The number of carbonyl (C=O) groups excluding carboxylic acids is 3. The number of carboxylic acid groups (broad SMARTS) is 3. The summed E-state index contributed by atoms with van der Waals surface area (Å²) in [6.45, 7) is 1.12. The van der Waals surface area contributed by atoms with Crippen LogP contribution in [0.15, 0.2) is 0 Å². The highest BCUT2D eigenvalue weighted by atomic mass is 16.5. The van der Waals surface area contributed by atoms with Gasteiger partial charge in [-0.3, -0.25) is 19.2 Å². The lowest BCUT2D eigenvalue weighted by Crippen LogP contribution is -2.41. The molecule has 0 unspecified atom stereocenters. The second-order valence-corrected chi connectivity index (χ2v) is 12.6. The quantitative estimate of drug-likeness (QED) is 0.0558. The molecule has 0 aliphatic rings. The maximum absolute atomic E-state index is 12.3. The van der Waals surface area contributed by atoms with Crippen molar-refractivity contribution in [3.8, 4) is 0 Å². The van der Waals surface area contributed by atoms with E-state index in [1.54, 1.807) is 0 Å². The van der Waals surface area contributed by atoms with Gasteiger partial charge in [-0.05, 0) is 25.7 Å². The van der Waals surface area contributed by atoms with Gasteiger partial charge in [0.25, 0.3) is 0 Å². The summed E-state index contributed by atoms with van der Waals surface area (Å²) in [6.07, 6.45) is 16.5. The summed E-state index contributed by atoms with van der Waals surface area (Å²) in [5.41, 5.74) is 0. The molecule has 0 aromatic carbocycles. The van der Waals surface area contributed by atoms with Crippen LogP contribution >= 0.6 is 0 Å². The van der Waals surface area contributed by atoms with Gasteiger partial charge in [0.2, 0.25) is 11.8 Å². The van der Waals surface area contributed by atoms with Gasteiger partial charge in [-0.25, -0.2) is 9.59 Å². The molecule has 0 aliphatic carbocycles. The van der Waals surface area contributed by atoms with Crippen molar-refractivity contribution in [2.45, 2.75) is 134 Å². The second kappa shape index (κ2) is 35.3. The van der Waals surface area contributed by atoms with Gasteiger partial charge in [0.1, 0.15) is 25.0 Å². The van der Waals surface area contributed by atoms with Gasteiger partial charge in [-0.2, -0.15) is 0 Å². The number of hydrogen-bond acceptors (Lipinski definition) is 10. The maximum Gasteiger partial charge on any atom is 0.329 e. The summed E-state index contributed by atoms with van der Waals surface area (Å²) in [5, 5.41) is 31.7. The zero-order valence-electron chi connectivity index (χ0n) is 30.5. The third-order valence-corrected chi connectivity index (χ3v) is 7.91. The van der Waals surface area contributed by atoms with E-state index in [1.165, 1.54) is 44.9 Å². The molecule has 0 fully saturated rings. The van der Waals surface area contributed by atoms with Crippen molar-refractivity contribution in [1.29, 1.82) is 0 Å². The van der Waals surface area contributed by atoms with E-state index in [-0.39, 0.29) is 102 Å². The van der Waals surface area contributed by atoms with Crippen LogP contribution < -0.4 is 10.6 Å². The van der Waals surface area contributed by atoms with Crippen molar-refractivity contribution < 1.29 is 63.0 Å². The Balaban J connectivity index is 3.66. The first-order chi connectivity index (χ1) is 24.6. The van der Waals surface area contributed by atoms with E-state index in [0.29, 0.717) is 19.4 Å². The molecule has 0 rings (SSSR count). The van der Waals surface area contributed by atoms with E-state index in [2.05, 4.69) is 10.6 Å². The molecule has 15 nitrogen and oxygen atoms in total. The lowest BCUT2D eigenvalue weighted by molar-refractivity contribution is -0.143. The van der Waals surface area contributed by atoms with Gasteiger partial charge in [0.15, 0.2) is 0 Å². The lowest BCUT2D eigenvalue weighted by Gasteiger charge is -2.14. The first-order valence-corrected chi connectivity index (χ1v) is 18.7. The zero-order valence-corrected chi connectivity index (χ0v) is 30.5. The number of unbranched alkanes of at least 4 members (excludes halogenated alkanes) is 13. The molecule has 51 heavy (non-hydrogen) atoms. The van der Waals surface area contributed by atoms with Crippen molar-refractivity contribution in [2.24, 2.45) is 0 Å². The summed E-state index contributed by atoms with van der Waals surface area (Å²) >= 11 is 0. The average Bonchev–Trinajstić information content (AvgIpc) is 3.08. The van der Waals surface area contributed by atoms with Crippen LogP contribution in [-0.4, -0.2) is 116 Å². The first kappa shape index (κ1) is 47.9. The second-order valence-electron chi connectivity index (χ2n) is 12.6. The zero-order chi connectivity index (χ0) is 37.8. The number of rotatable bonds is 39. The largest absolute Gasteiger partial charge is 0.481 e. The molecule has 0 aromatic heterocycles. The summed E-state index contributed by atoms with van der Waals surface area (Å²) in [6, 6.07) is -1.10. The molecular weight excluding hydrogens is 668 g/mol. The molecule has 0 saturated carbocycles. The molecule has 0 radical (unpaired) electrons. The third kappa shape index (κ3) is 36.5. The molecular formula is C36H64N2O13. The Morgan fingerprint density at radius 1 is 0.451 bits per heavy atom. The molecule has 1 atom stereocenters. The molecule has 0 bridgehead atoms. The van der Waals surface area contributed by atoms with Crippen LogP contribution in [0.3, 0.4) is 0 Å². The van der Waals surface area contributed by atoms with Gasteiger partial charge < -0.3 is 44.9 Å². The minimum atomic E-state index is -1.16. The summed E-state index contributed by atoms with van der Waals surface area (Å²) in [5.74, 6) is -3.65. The predicted molar refractivity (Wildman–Crippen MR) is 188 cm³/mol. The number of amides is 2. The van der Waals surface area contributed by atoms with Gasteiger partial charge in [-0.15, -0.1) is 0 Å². The van der Waals surface area contributed by atoms with Gasteiger partial charge in [0, 0.05) is 38.8 Å². The normalized spacial score (nSPS) is 11.6. The van der Waals surface area contributed by atoms with Crippen molar-refractivity contribution >= 4 is 35.5 Å². The number of ketones is 1. The topological polar surface area (TPSA) is 224 Å². The van der Waals surface area contributed by atoms with Gasteiger partial charge in [0.05, 0.1) is 33.0 Å². The van der Waals surface area contributed by atoms with E-state index in [4.69, 9.17) is 29.2 Å². The van der Waals surface area contributed by atoms with Crippen molar-refractivity contribution in [1.82, 2.24) is 10.6 Å².